The van der Waals surface area contributed by atoms with E-state index < -0.39 is 0 Å². The number of nitrogens with zero attached hydrogens (tertiary/aromatic N) is 3. The Bertz CT molecular complexity index is 681. The molecule has 0 aliphatic heterocycles. The number of benzene rings is 1. The third-order valence-corrected chi connectivity index (χ3v) is 3.58. The van der Waals surface area contributed by atoms with Gasteiger partial charge >= 0.3 is 0 Å². The van der Waals surface area contributed by atoms with Crippen LogP contribution >= 0.6 is 0 Å². The lowest BCUT2D eigenvalue weighted by Crippen LogP contribution is -2.21. The van der Waals surface area contributed by atoms with Crippen molar-refractivity contribution in [1.82, 2.24) is 14.9 Å². The van der Waals surface area contributed by atoms with E-state index in [1.165, 1.54) is 0 Å². The van der Waals surface area contributed by atoms with Gasteiger partial charge in [0.2, 0.25) is 5.88 Å². The molecule has 0 saturated carbocycles. The molecule has 1 aromatic carbocycles. The molecule has 2 aromatic rings. The second-order valence-electron chi connectivity index (χ2n) is 6.62. The van der Waals surface area contributed by atoms with Crippen LogP contribution in [0.25, 0.3) is 0 Å². The first-order chi connectivity index (χ1) is 11.3. The van der Waals surface area contributed by atoms with Crippen molar-refractivity contribution in [2.75, 3.05) is 14.1 Å². The molecule has 0 spiro atoms. The first-order valence-electron chi connectivity index (χ1n) is 8.16. The van der Waals surface area contributed by atoms with Gasteiger partial charge in [-0.2, -0.15) is 4.98 Å². The summed E-state index contributed by atoms with van der Waals surface area (Å²) in [6.07, 6.45) is 0. The molecule has 0 N–H and O–H groups in total. The summed E-state index contributed by atoms with van der Waals surface area (Å²) in [5, 5.41) is 0. The van der Waals surface area contributed by atoms with Crippen LogP contribution in [0.1, 0.15) is 61.4 Å². The maximum Gasteiger partial charge on any atom is 0.253 e. The summed E-state index contributed by atoms with van der Waals surface area (Å²) in [6, 6.07) is 8.94. The van der Waals surface area contributed by atoms with Crippen molar-refractivity contribution < 1.29 is 9.53 Å². The van der Waals surface area contributed by atoms with E-state index in [9.17, 15) is 4.79 Å². The van der Waals surface area contributed by atoms with Crippen molar-refractivity contribution in [3.63, 3.8) is 0 Å². The van der Waals surface area contributed by atoms with Gasteiger partial charge in [0.05, 0.1) is 5.69 Å². The van der Waals surface area contributed by atoms with Gasteiger partial charge in [0.1, 0.15) is 11.6 Å². The molecule has 0 radical (unpaired) electrons. The van der Waals surface area contributed by atoms with E-state index in [0.29, 0.717) is 23.1 Å². The molecule has 0 aliphatic carbocycles. The van der Waals surface area contributed by atoms with Crippen molar-refractivity contribution in [3.8, 4) is 11.6 Å². The van der Waals surface area contributed by atoms with Crippen LogP contribution < -0.4 is 4.74 Å². The molecule has 1 amide bonds. The summed E-state index contributed by atoms with van der Waals surface area (Å²) in [7, 11) is 3.46. The third kappa shape index (κ3) is 4.31. The molecular formula is C19H25N3O2. The van der Waals surface area contributed by atoms with Crippen LogP contribution in [0.15, 0.2) is 30.3 Å². The topological polar surface area (TPSA) is 55.3 Å². The molecule has 5 heteroatoms. The number of hydrogen-bond acceptors (Lipinski definition) is 4. The Kier molecular flexibility index (Phi) is 5.54. The molecule has 1 aromatic heterocycles. The summed E-state index contributed by atoms with van der Waals surface area (Å²) in [6.45, 7) is 8.31. The van der Waals surface area contributed by atoms with E-state index >= 15 is 0 Å². The summed E-state index contributed by atoms with van der Waals surface area (Å²) in [5.41, 5.74) is 1.59. The lowest BCUT2D eigenvalue weighted by atomic mass is 10.1. The number of rotatable bonds is 5. The molecule has 0 saturated heterocycles. The van der Waals surface area contributed by atoms with Crippen LogP contribution in [-0.4, -0.2) is 34.9 Å². The Hall–Kier alpha value is -2.43. The monoisotopic (exact) mass is 327 g/mol. The van der Waals surface area contributed by atoms with Crippen molar-refractivity contribution in [2.45, 2.75) is 39.5 Å². The van der Waals surface area contributed by atoms with Gasteiger partial charge in [-0.05, 0) is 30.2 Å². The average Bonchev–Trinajstić information content (AvgIpc) is 2.54. The number of aromatic nitrogens is 2. The SMILES string of the molecule is CC(C)c1cc(Oc2ccc(C(=O)N(C)C)cc2)nc(C(C)C)n1. The Morgan fingerprint density at radius 2 is 1.62 bits per heavy atom. The van der Waals surface area contributed by atoms with E-state index in [-0.39, 0.29) is 11.8 Å². The van der Waals surface area contributed by atoms with Crippen LogP contribution in [0.3, 0.4) is 0 Å². The molecule has 0 unspecified atom stereocenters. The largest absolute Gasteiger partial charge is 0.439 e. The number of amides is 1. The van der Waals surface area contributed by atoms with Crippen molar-refractivity contribution >= 4 is 5.91 Å². The van der Waals surface area contributed by atoms with E-state index in [2.05, 4.69) is 37.7 Å². The van der Waals surface area contributed by atoms with Crippen LogP contribution in [-0.2, 0) is 0 Å². The van der Waals surface area contributed by atoms with Crippen LogP contribution in [0, 0.1) is 0 Å². The normalized spacial score (nSPS) is 11.0. The molecule has 5 nitrogen and oxygen atoms in total. The Balaban J connectivity index is 2.25. The zero-order valence-electron chi connectivity index (χ0n) is 15.2. The van der Waals surface area contributed by atoms with Crippen LogP contribution in [0.2, 0.25) is 0 Å². The van der Waals surface area contributed by atoms with E-state index in [4.69, 9.17) is 4.74 Å². The Morgan fingerprint density at radius 3 is 2.12 bits per heavy atom. The van der Waals surface area contributed by atoms with E-state index in [1.807, 2.05) is 6.07 Å². The van der Waals surface area contributed by atoms with Gasteiger partial charge in [-0.3, -0.25) is 4.79 Å². The molecule has 128 valence electrons. The highest BCUT2D eigenvalue weighted by molar-refractivity contribution is 5.93. The minimum absolute atomic E-state index is 0.0345. The number of carbonyl (C=O) groups excluding carboxylic acids is 1. The fourth-order valence-corrected chi connectivity index (χ4v) is 2.11. The fourth-order valence-electron chi connectivity index (χ4n) is 2.11. The van der Waals surface area contributed by atoms with Crippen LogP contribution in [0.4, 0.5) is 0 Å². The smallest absolute Gasteiger partial charge is 0.253 e. The van der Waals surface area contributed by atoms with Crippen molar-refractivity contribution in [1.29, 1.82) is 0 Å². The Labute approximate surface area is 143 Å². The molecule has 24 heavy (non-hydrogen) atoms. The molecular weight excluding hydrogens is 302 g/mol. The van der Waals surface area contributed by atoms with Gasteiger partial charge in [-0.1, -0.05) is 27.7 Å². The predicted octanol–water partition coefficient (Wildman–Crippen LogP) is 4.22. The minimum atomic E-state index is -0.0345. The maximum absolute atomic E-state index is 11.9. The molecule has 1 heterocycles. The van der Waals surface area contributed by atoms with Crippen LogP contribution in [0.5, 0.6) is 11.6 Å². The van der Waals surface area contributed by atoms with Gasteiger partial charge in [0.15, 0.2) is 0 Å². The first kappa shape index (κ1) is 17.9. The first-order valence-corrected chi connectivity index (χ1v) is 8.16. The summed E-state index contributed by atoms with van der Waals surface area (Å²) >= 11 is 0. The molecule has 0 fully saturated rings. The quantitative estimate of drug-likeness (QED) is 0.825. The Morgan fingerprint density at radius 1 is 1.00 bits per heavy atom. The number of hydrogen-bond donors (Lipinski definition) is 0. The average molecular weight is 327 g/mol. The van der Waals surface area contributed by atoms with Gasteiger partial charge in [0.25, 0.3) is 5.91 Å². The van der Waals surface area contributed by atoms with E-state index in [0.717, 1.165) is 11.5 Å². The second kappa shape index (κ2) is 7.43. The van der Waals surface area contributed by atoms with Gasteiger partial charge < -0.3 is 9.64 Å². The predicted molar refractivity (Wildman–Crippen MR) is 94.7 cm³/mol. The highest BCUT2D eigenvalue weighted by Gasteiger charge is 2.12. The lowest BCUT2D eigenvalue weighted by Gasteiger charge is -2.13. The minimum Gasteiger partial charge on any atom is -0.439 e. The third-order valence-electron chi connectivity index (χ3n) is 3.58. The number of ether oxygens (including phenoxy) is 1. The molecule has 0 atom stereocenters. The summed E-state index contributed by atoms with van der Waals surface area (Å²) in [4.78, 5) is 22.5. The second-order valence-corrected chi connectivity index (χ2v) is 6.62. The molecule has 2 rings (SSSR count). The lowest BCUT2D eigenvalue weighted by molar-refractivity contribution is 0.0827. The molecule has 0 bridgehead atoms. The molecule has 0 aliphatic rings. The highest BCUT2D eigenvalue weighted by Crippen LogP contribution is 2.25. The van der Waals surface area contributed by atoms with E-state index in [1.54, 1.807) is 43.3 Å². The maximum atomic E-state index is 11.9. The number of carbonyl (C=O) groups is 1. The highest BCUT2D eigenvalue weighted by atomic mass is 16.5. The standard InChI is InChI=1S/C19H25N3O2/c1-12(2)16-11-17(21-18(20-16)13(3)4)24-15-9-7-14(8-10-15)19(23)22(5)6/h7-13H,1-6H3. The zero-order valence-corrected chi connectivity index (χ0v) is 15.2. The zero-order chi connectivity index (χ0) is 17.9. The summed E-state index contributed by atoms with van der Waals surface area (Å²) < 4.78 is 5.88. The van der Waals surface area contributed by atoms with Crippen molar-refractivity contribution in [3.05, 3.63) is 47.4 Å². The van der Waals surface area contributed by atoms with Gasteiger partial charge in [0, 0.05) is 31.6 Å². The van der Waals surface area contributed by atoms with Gasteiger partial charge in [-0.25, -0.2) is 4.98 Å². The summed E-state index contributed by atoms with van der Waals surface area (Å²) in [5.74, 6) is 2.44. The fraction of sp³-hybridized carbons (Fsp3) is 0.421. The van der Waals surface area contributed by atoms with Crippen molar-refractivity contribution in [2.24, 2.45) is 0 Å². The van der Waals surface area contributed by atoms with Gasteiger partial charge in [-0.15, -0.1) is 0 Å².